The number of aromatic nitrogens is 1. The number of urea groups is 1. The predicted octanol–water partition coefficient (Wildman–Crippen LogP) is 0.981. The normalized spacial score (nSPS) is 16.8. The number of hydrogen-bond donors (Lipinski definition) is 1. The molecule has 0 radical (unpaired) electrons. The van der Waals surface area contributed by atoms with E-state index < -0.39 is 0 Å². The van der Waals surface area contributed by atoms with Crippen molar-refractivity contribution in [3.63, 3.8) is 0 Å². The van der Waals surface area contributed by atoms with Crippen LogP contribution in [0.3, 0.4) is 0 Å². The van der Waals surface area contributed by atoms with Crippen molar-refractivity contribution in [2.24, 2.45) is 5.73 Å². The van der Waals surface area contributed by atoms with Gasteiger partial charge in [-0.3, -0.25) is 0 Å². The lowest BCUT2D eigenvalue weighted by Gasteiger charge is -2.22. The van der Waals surface area contributed by atoms with Crippen LogP contribution in [-0.2, 0) is 0 Å². The summed E-state index contributed by atoms with van der Waals surface area (Å²) in [6.45, 7) is 5.10. The van der Waals surface area contributed by atoms with Crippen molar-refractivity contribution < 1.29 is 4.79 Å². The van der Waals surface area contributed by atoms with Gasteiger partial charge in [0.1, 0.15) is 5.82 Å². The highest BCUT2D eigenvalue weighted by molar-refractivity contribution is 5.72. The molecule has 0 atom stereocenters. The fourth-order valence-electron chi connectivity index (χ4n) is 2.07. The molecule has 1 aliphatic heterocycles. The second kappa shape index (κ2) is 5.03. The third kappa shape index (κ3) is 2.87. The smallest absolute Gasteiger partial charge is 0.314 e. The van der Waals surface area contributed by atoms with E-state index in [9.17, 15) is 4.79 Å². The van der Waals surface area contributed by atoms with E-state index in [1.54, 1.807) is 4.90 Å². The molecule has 1 aromatic rings. The highest BCUT2D eigenvalue weighted by atomic mass is 16.2. The van der Waals surface area contributed by atoms with Crippen molar-refractivity contribution in [3.05, 3.63) is 23.9 Å². The highest BCUT2D eigenvalue weighted by Crippen LogP contribution is 2.14. The number of carbonyl (C=O) groups excluding carboxylic acids is 1. The Hall–Kier alpha value is -1.78. The number of nitrogens with two attached hydrogens (primary N) is 1. The summed E-state index contributed by atoms with van der Waals surface area (Å²) in [5, 5.41) is 0. The average molecular weight is 234 g/mol. The van der Waals surface area contributed by atoms with Crippen LogP contribution >= 0.6 is 0 Å². The Morgan fingerprint density at radius 3 is 2.82 bits per heavy atom. The molecule has 1 aromatic heterocycles. The van der Waals surface area contributed by atoms with Gasteiger partial charge >= 0.3 is 6.03 Å². The largest absolute Gasteiger partial charge is 0.355 e. The van der Waals surface area contributed by atoms with Crippen LogP contribution in [0.15, 0.2) is 18.2 Å². The van der Waals surface area contributed by atoms with Crippen LogP contribution in [-0.4, -0.2) is 42.1 Å². The number of amides is 2. The van der Waals surface area contributed by atoms with E-state index in [1.165, 1.54) is 0 Å². The molecule has 5 heteroatoms. The fourth-order valence-corrected chi connectivity index (χ4v) is 2.07. The van der Waals surface area contributed by atoms with E-state index in [2.05, 4.69) is 9.88 Å². The lowest BCUT2D eigenvalue weighted by Crippen LogP contribution is -2.38. The standard InChI is InChI=1S/C12H18N4O/c1-10-4-2-5-11(14-10)15-6-3-7-16(9-8-15)12(13)17/h2,4-5H,3,6-9H2,1H3,(H2,13,17). The maximum absolute atomic E-state index is 11.1. The number of hydrogen-bond acceptors (Lipinski definition) is 3. The quantitative estimate of drug-likeness (QED) is 0.788. The molecule has 2 heterocycles. The number of anilines is 1. The molecule has 0 unspecified atom stereocenters. The summed E-state index contributed by atoms with van der Waals surface area (Å²) in [5.74, 6) is 0.983. The summed E-state index contributed by atoms with van der Waals surface area (Å²) in [7, 11) is 0. The van der Waals surface area contributed by atoms with Gasteiger partial charge in [0.15, 0.2) is 0 Å². The molecule has 1 aliphatic rings. The zero-order valence-electron chi connectivity index (χ0n) is 10.1. The second-order valence-corrected chi connectivity index (χ2v) is 4.30. The van der Waals surface area contributed by atoms with Gasteiger partial charge in [0.05, 0.1) is 0 Å². The minimum absolute atomic E-state index is 0.330. The third-order valence-electron chi connectivity index (χ3n) is 3.01. The van der Waals surface area contributed by atoms with E-state index in [0.717, 1.165) is 37.6 Å². The van der Waals surface area contributed by atoms with Gasteiger partial charge in [-0.15, -0.1) is 0 Å². The molecule has 92 valence electrons. The Morgan fingerprint density at radius 1 is 1.29 bits per heavy atom. The SMILES string of the molecule is Cc1cccc(N2CCCN(C(N)=O)CC2)n1. The lowest BCUT2D eigenvalue weighted by atomic mass is 10.3. The molecule has 0 bridgehead atoms. The zero-order chi connectivity index (χ0) is 12.3. The van der Waals surface area contributed by atoms with Crippen LogP contribution in [0, 0.1) is 6.92 Å². The number of aryl methyl sites for hydroxylation is 1. The third-order valence-corrected chi connectivity index (χ3v) is 3.01. The molecule has 5 nitrogen and oxygen atoms in total. The van der Waals surface area contributed by atoms with Crippen molar-refractivity contribution >= 4 is 11.8 Å². The monoisotopic (exact) mass is 234 g/mol. The maximum atomic E-state index is 11.1. The van der Waals surface area contributed by atoms with Crippen molar-refractivity contribution in [2.75, 3.05) is 31.1 Å². The highest BCUT2D eigenvalue weighted by Gasteiger charge is 2.17. The molecular weight excluding hydrogens is 216 g/mol. The van der Waals surface area contributed by atoms with Gasteiger partial charge in [-0.1, -0.05) is 6.07 Å². The molecule has 1 saturated heterocycles. The number of pyridine rings is 1. The second-order valence-electron chi connectivity index (χ2n) is 4.30. The molecule has 0 aliphatic carbocycles. The number of carbonyl (C=O) groups is 1. The number of nitrogens with zero attached hydrogens (tertiary/aromatic N) is 3. The molecule has 0 spiro atoms. The first-order valence-corrected chi connectivity index (χ1v) is 5.90. The first-order valence-electron chi connectivity index (χ1n) is 5.90. The summed E-state index contributed by atoms with van der Waals surface area (Å²) in [6.07, 6.45) is 0.929. The minimum Gasteiger partial charge on any atom is -0.355 e. The van der Waals surface area contributed by atoms with Gasteiger partial charge in [-0.2, -0.15) is 0 Å². The maximum Gasteiger partial charge on any atom is 0.314 e. The minimum atomic E-state index is -0.330. The van der Waals surface area contributed by atoms with Gasteiger partial charge in [0.25, 0.3) is 0 Å². The summed E-state index contributed by atoms with van der Waals surface area (Å²) in [6, 6.07) is 5.67. The molecule has 0 aromatic carbocycles. The first-order chi connectivity index (χ1) is 8.16. The topological polar surface area (TPSA) is 62.5 Å². The van der Waals surface area contributed by atoms with Crippen LogP contribution in [0.5, 0.6) is 0 Å². The molecule has 2 N–H and O–H groups in total. The van der Waals surface area contributed by atoms with Gasteiger partial charge in [0.2, 0.25) is 0 Å². The fraction of sp³-hybridized carbons (Fsp3) is 0.500. The molecule has 0 saturated carbocycles. The summed E-state index contributed by atoms with van der Waals surface area (Å²) in [4.78, 5) is 19.5. The molecule has 17 heavy (non-hydrogen) atoms. The molecule has 1 fully saturated rings. The predicted molar refractivity (Wildman–Crippen MR) is 67.0 cm³/mol. The van der Waals surface area contributed by atoms with E-state index in [1.807, 2.05) is 25.1 Å². The van der Waals surface area contributed by atoms with Crippen molar-refractivity contribution in [1.82, 2.24) is 9.88 Å². The number of primary amides is 1. The van der Waals surface area contributed by atoms with E-state index in [0.29, 0.717) is 6.54 Å². The van der Waals surface area contributed by atoms with Crippen LogP contribution in [0.2, 0.25) is 0 Å². The van der Waals surface area contributed by atoms with Crippen LogP contribution in [0.4, 0.5) is 10.6 Å². The Kier molecular flexibility index (Phi) is 3.46. The van der Waals surface area contributed by atoms with Gasteiger partial charge in [-0.05, 0) is 25.5 Å². The Bertz CT molecular complexity index is 407. The van der Waals surface area contributed by atoms with Crippen LogP contribution in [0.1, 0.15) is 12.1 Å². The van der Waals surface area contributed by atoms with Crippen LogP contribution in [0.25, 0.3) is 0 Å². The lowest BCUT2D eigenvalue weighted by molar-refractivity contribution is 0.211. The van der Waals surface area contributed by atoms with Crippen molar-refractivity contribution in [3.8, 4) is 0 Å². The molecule has 2 amide bonds. The van der Waals surface area contributed by atoms with Crippen LogP contribution < -0.4 is 10.6 Å². The van der Waals surface area contributed by atoms with E-state index in [-0.39, 0.29) is 6.03 Å². The van der Waals surface area contributed by atoms with Gasteiger partial charge < -0.3 is 15.5 Å². The Morgan fingerprint density at radius 2 is 2.12 bits per heavy atom. The van der Waals surface area contributed by atoms with Crippen molar-refractivity contribution in [2.45, 2.75) is 13.3 Å². The summed E-state index contributed by atoms with van der Waals surface area (Å²) >= 11 is 0. The molecular formula is C12H18N4O. The average Bonchev–Trinajstić information content (AvgIpc) is 2.54. The molecule has 2 rings (SSSR count). The van der Waals surface area contributed by atoms with E-state index in [4.69, 9.17) is 5.73 Å². The number of rotatable bonds is 1. The Labute approximate surface area is 101 Å². The summed E-state index contributed by atoms with van der Waals surface area (Å²) in [5.41, 5.74) is 6.31. The van der Waals surface area contributed by atoms with Gasteiger partial charge in [0, 0.05) is 31.9 Å². The van der Waals surface area contributed by atoms with E-state index >= 15 is 0 Å². The Balaban J connectivity index is 2.06. The zero-order valence-corrected chi connectivity index (χ0v) is 10.1. The summed E-state index contributed by atoms with van der Waals surface area (Å²) < 4.78 is 0. The van der Waals surface area contributed by atoms with Gasteiger partial charge in [-0.25, -0.2) is 9.78 Å². The van der Waals surface area contributed by atoms with Crippen molar-refractivity contribution in [1.29, 1.82) is 0 Å². The first kappa shape index (κ1) is 11.7.